The number of hydrogen-bond donors (Lipinski definition) is 2. The molecule has 0 bridgehead atoms. The molecule has 0 unspecified atom stereocenters. The van der Waals surface area contributed by atoms with E-state index in [0.29, 0.717) is 11.3 Å². The van der Waals surface area contributed by atoms with Gasteiger partial charge in [-0.2, -0.15) is 0 Å². The zero-order chi connectivity index (χ0) is 13.8. The third kappa shape index (κ3) is 3.64. The van der Waals surface area contributed by atoms with Gasteiger partial charge in [0.25, 0.3) is 0 Å². The van der Waals surface area contributed by atoms with Gasteiger partial charge in [0.15, 0.2) is 5.78 Å². The van der Waals surface area contributed by atoms with Crippen molar-refractivity contribution in [1.29, 1.82) is 0 Å². The van der Waals surface area contributed by atoms with Crippen LogP contribution in [-0.2, 0) is 4.79 Å². The minimum absolute atomic E-state index is 0.000242. The molecular weight excluding hydrogens is 240 g/mol. The second kappa shape index (κ2) is 5.97. The quantitative estimate of drug-likeness (QED) is 0.819. The van der Waals surface area contributed by atoms with E-state index in [4.69, 9.17) is 5.73 Å². The normalized spacial score (nSPS) is 22.8. The lowest BCUT2D eigenvalue weighted by molar-refractivity contribution is -0.120. The molecule has 0 spiro atoms. The molecule has 102 valence electrons. The molecule has 2 rings (SSSR count). The molecule has 1 aliphatic rings. The van der Waals surface area contributed by atoms with Gasteiger partial charge in [-0.1, -0.05) is 12.1 Å². The number of rotatable bonds is 3. The molecule has 3 N–H and O–H groups in total. The SMILES string of the molecule is CC(=O)c1cccc(NC(=O)C2CCC(N)CC2)c1. The summed E-state index contributed by atoms with van der Waals surface area (Å²) < 4.78 is 0. The van der Waals surface area contributed by atoms with Crippen molar-refractivity contribution < 1.29 is 9.59 Å². The highest BCUT2D eigenvalue weighted by Crippen LogP contribution is 2.24. The van der Waals surface area contributed by atoms with E-state index in [0.717, 1.165) is 25.7 Å². The maximum Gasteiger partial charge on any atom is 0.227 e. The lowest BCUT2D eigenvalue weighted by Gasteiger charge is -2.25. The summed E-state index contributed by atoms with van der Waals surface area (Å²) in [6, 6.07) is 7.29. The van der Waals surface area contributed by atoms with Crippen molar-refractivity contribution in [3.8, 4) is 0 Å². The van der Waals surface area contributed by atoms with Crippen LogP contribution in [-0.4, -0.2) is 17.7 Å². The Kier molecular flexibility index (Phi) is 4.32. The molecule has 0 saturated heterocycles. The molecule has 0 radical (unpaired) electrons. The van der Waals surface area contributed by atoms with Gasteiger partial charge in [-0.15, -0.1) is 0 Å². The molecule has 19 heavy (non-hydrogen) atoms. The molecule has 1 aliphatic carbocycles. The first kappa shape index (κ1) is 13.7. The molecule has 4 heteroatoms. The summed E-state index contributed by atoms with van der Waals surface area (Å²) in [4.78, 5) is 23.4. The van der Waals surface area contributed by atoms with Gasteiger partial charge in [0.2, 0.25) is 5.91 Å². The molecule has 0 atom stereocenters. The number of benzene rings is 1. The first-order chi connectivity index (χ1) is 9.06. The van der Waals surface area contributed by atoms with Gasteiger partial charge in [0.1, 0.15) is 0 Å². The van der Waals surface area contributed by atoms with Crippen LogP contribution in [0.3, 0.4) is 0 Å². The Morgan fingerprint density at radius 1 is 1.21 bits per heavy atom. The van der Waals surface area contributed by atoms with Crippen molar-refractivity contribution in [3.63, 3.8) is 0 Å². The van der Waals surface area contributed by atoms with Gasteiger partial charge in [-0.25, -0.2) is 0 Å². The first-order valence-corrected chi connectivity index (χ1v) is 6.73. The summed E-state index contributed by atoms with van der Waals surface area (Å²) >= 11 is 0. The fourth-order valence-corrected chi connectivity index (χ4v) is 2.44. The Morgan fingerprint density at radius 3 is 2.53 bits per heavy atom. The summed E-state index contributed by atoms with van der Waals surface area (Å²) in [5, 5.41) is 2.89. The predicted octanol–water partition coefficient (Wildman–Crippen LogP) is 2.35. The van der Waals surface area contributed by atoms with Crippen LogP contribution in [0, 0.1) is 5.92 Å². The molecule has 0 aromatic heterocycles. The van der Waals surface area contributed by atoms with Crippen LogP contribution < -0.4 is 11.1 Å². The molecule has 1 fully saturated rings. The Hall–Kier alpha value is -1.68. The number of ketones is 1. The topological polar surface area (TPSA) is 72.2 Å². The lowest BCUT2D eigenvalue weighted by Crippen LogP contribution is -2.32. The zero-order valence-corrected chi connectivity index (χ0v) is 11.2. The fourth-order valence-electron chi connectivity index (χ4n) is 2.44. The van der Waals surface area contributed by atoms with E-state index in [9.17, 15) is 9.59 Å². The number of hydrogen-bond acceptors (Lipinski definition) is 3. The molecule has 1 aromatic rings. The highest BCUT2D eigenvalue weighted by Gasteiger charge is 2.24. The van der Waals surface area contributed by atoms with E-state index in [2.05, 4.69) is 5.32 Å². The van der Waals surface area contributed by atoms with Crippen LogP contribution in [0.25, 0.3) is 0 Å². The molecule has 4 nitrogen and oxygen atoms in total. The predicted molar refractivity (Wildman–Crippen MR) is 75.0 cm³/mol. The Bertz CT molecular complexity index is 477. The van der Waals surface area contributed by atoms with Crippen LogP contribution in [0.15, 0.2) is 24.3 Å². The molecule has 1 aromatic carbocycles. The van der Waals surface area contributed by atoms with Crippen molar-refractivity contribution in [2.45, 2.75) is 38.6 Å². The molecular formula is C15H20N2O2. The van der Waals surface area contributed by atoms with Crippen LogP contribution in [0.5, 0.6) is 0 Å². The highest BCUT2D eigenvalue weighted by atomic mass is 16.2. The van der Waals surface area contributed by atoms with Crippen LogP contribution >= 0.6 is 0 Å². The molecule has 0 aliphatic heterocycles. The highest BCUT2D eigenvalue weighted by molar-refractivity contribution is 5.97. The van der Waals surface area contributed by atoms with E-state index in [1.54, 1.807) is 24.3 Å². The number of nitrogens with two attached hydrogens (primary N) is 1. The largest absolute Gasteiger partial charge is 0.328 e. The average Bonchev–Trinajstić information content (AvgIpc) is 2.39. The summed E-state index contributed by atoms with van der Waals surface area (Å²) in [7, 11) is 0. The monoisotopic (exact) mass is 260 g/mol. The smallest absolute Gasteiger partial charge is 0.227 e. The number of nitrogens with one attached hydrogen (secondary N) is 1. The first-order valence-electron chi connectivity index (χ1n) is 6.73. The van der Waals surface area contributed by atoms with Crippen molar-refractivity contribution >= 4 is 17.4 Å². The number of carbonyl (C=O) groups excluding carboxylic acids is 2. The van der Waals surface area contributed by atoms with E-state index in [1.165, 1.54) is 6.92 Å². The van der Waals surface area contributed by atoms with Crippen molar-refractivity contribution in [2.24, 2.45) is 11.7 Å². The summed E-state index contributed by atoms with van der Waals surface area (Å²) in [6.45, 7) is 1.52. The standard InChI is InChI=1S/C15H20N2O2/c1-10(18)12-3-2-4-14(9-12)17-15(19)11-5-7-13(16)8-6-11/h2-4,9,11,13H,5-8,16H2,1H3,(H,17,19). The van der Waals surface area contributed by atoms with E-state index in [-0.39, 0.29) is 23.7 Å². The Balaban J connectivity index is 1.98. The van der Waals surface area contributed by atoms with Gasteiger partial charge in [0, 0.05) is 23.2 Å². The van der Waals surface area contributed by atoms with E-state index < -0.39 is 0 Å². The second-order valence-corrected chi connectivity index (χ2v) is 5.24. The number of Topliss-reactive ketones (excluding diaryl/α,β-unsaturated/α-hetero) is 1. The second-order valence-electron chi connectivity index (χ2n) is 5.24. The average molecular weight is 260 g/mol. The van der Waals surface area contributed by atoms with Gasteiger partial charge >= 0.3 is 0 Å². The number of amides is 1. The minimum atomic E-state index is -0.000242. The van der Waals surface area contributed by atoms with Crippen molar-refractivity contribution in [1.82, 2.24) is 0 Å². The van der Waals surface area contributed by atoms with Crippen LogP contribution in [0.1, 0.15) is 43.0 Å². The van der Waals surface area contributed by atoms with Gasteiger partial charge in [-0.3, -0.25) is 9.59 Å². The van der Waals surface area contributed by atoms with Gasteiger partial charge in [0.05, 0.1) is 0 Å². The Labute approximate surface area is 113 Å². The summed E-state index contributed by atoms with van der Waals surface area (Å²) in [5.41, 5.74) is 7.14. The van der Waals surface area contributed by atoms with Crippen molar-refractivity contribution in [2.75, 3.05) is 5.32 Å². The number of carbonyl (C=O) groups is 2. The van der Waals surface area contributed by atoms with E-state index >= 15 is 0 Å². The lowest BCUT2D eigenvalue weighted by atomic mass is 9.86. The minimum Gasteiger partial charge on any atom is -0.328 e. The third-order valence-corrected chi connectivity index (χ3v) is 3.68. The number of anilines is 1. The van der Waals surface area contributed by atoms with Gasteiger partial charge in [-0.05, 0) is 44.7 Å². The van der Waals surface area contributed by atoms with Gasteiger partial charge < -0.3 is 11.1 Å². The van der Waals surface area contributed by atoms with Crippen molar-refractivity contribution in [3.05, 3.63) is 29.8 Å². The Morgan fingerprint density at radius 2 is 1.89 bits per heavy atom. The molecule has 0 heterocycles. The van der Waals surface area contributed by atoms with Crippen LogP contribution in [0.4, 0.5) is 5.69 Å². The van der Waals surface area contributed by atoms with E-state index in [1.807, 2.05) is 0 Å². The molecule has 1 saturated carbocycles. The maximum absolute atomic E-state index is 12.1. The summed E-state index contributed by atoms with van der Waals surface area (Å²) in [6.07, 6.45) is 3.51. The zero-order valence-electron chi connectivity index (χ0n) is 11.2. The molecule has 1 amide bonds. The summed E-state index contributed by atoms with van der Waals surface area (Å²) in [5.74, 6) is 0.0770. The third-order valence-electron chi connectivity index (χ3n) is 3.68. The fraction of sp³-hybridized carbons (Fsp3) is 0.467. The van der Waals surface area contributed by atoms with Crippen LogP contribution in [0.2, 0.25) is 0 Å². The maximum atomic E-state index is 12.1.